The van der Waals surface area contributed by atoms with Gasteiger partial charge in [-0.2, -0.15) is 0 Å². The Bertz CT molecular complexity index is 423. The van der Waals surface area contributed by atoms with Gasteiger partial charge in [-0.15, -0.1) is 0 Å². The van der Waals surface area contributed by atoms with E-state index in [4.69, 9.17) is 9.47 Å². The number of hydrogen-bond acceptors (Lipinski definition) is 4. The summed E-state index contributed by atoms with van der Waals surface area (Å²) >= 11 is 0. The fourth-order valence-electron chi connectivity index (χ4n) is 1.70. The number of likely N-dealkylation sites (N-methyl/N-ethyl adjacent to an activating group) is 1. The highest BCUT2D eigenvalue weighted by molar-refractivity contribution is 5.97. The second-order valence-electron chi connectivity index (χ2n) is 4.13. The number of halogens is 1. The lowest BCUT2D eigenvalue weighted by atomic mass is 10.1. The van der Waals surface area contributed by atoms with Crippen molar-refractivity contribution in [1.29, 1.82) is 0 Å². The van der Waals surface area contributed by atoms with Crippen LogP contribution in [0.25, 0.3) is 0 Å². The van der Waals surface area contributed by atoms with Crippen LogP contribution in [0, 0.1) is 5.82 Å². The number of carbonyl (C=O) groups excluding carboxylic acids is 1. The normalized spacial score (nSPS) is 10.8. The van der Waals surface area contributed by atoms with Crippen LogP contribution in [0.15, 0.2) is 18.2 Å². The average Bonchev–Trinajstić information content (AvgIpc) is 2.43. The first-order chi connectivity index (χ1) is 9.12. The van der Waals surface area contributed by atoms with Crippen molar-refractivity contribution in [2.75, 3.05) is 40.5 Å². The van der Waals surface area contributed by atoms with Gasteiger partial charge in [0.15, 0.2) is 17.3 Å². The van der Waals surface area contributed by atoms with E-state index in [1.807, 2.05) is 11.8 Å². The first-order valence-electron chi connectivity index (χ1n) is 6.20. The van der Waals surface area contributed by atoms with E-state index in [1.165, 1.54) is 19.2 Å². The highest BCUT2D eigenvalue weighted by Gasteiger charge is 2.13. The quantitative estimate of drug-likeness (QED) is 0.676. The van der Waals surface area contributed by atoms with Crippen LogP contribution in [0.3, 0.4) is 0 Å². The topological polar surface area (TPSA) is 38.8 Å². The average molecular weight is 269 g/mol. The molecule has 1 aromatic carbocycles. The van der Waals surface area contributed by atoms with E-state index in [0.717, 1.165) is 6.54 Å². The fraction of sp³-hybridized carbons (Fsp3) is 0.500. The summed E-state index contributed by atoms with van der Waals surface area (Å²) in [5, 5.41) is 0. The molecule has 0 fully saturated rings. The molecular formula is C14H20FNO3. The minimum atomic E-state index is -0.520. The van der Waals surface area contributed by atoms with E-state index in [0.29, 0.717) is 18.7 Å². The zero-order chi connectivity index (χ0) is 14.3. The van der Waals surface area contributed by atoms with Crippen LogP contribution in [0.4, 0.5) is 4.39 Å². The van der Waals surface area contributed by atoms with E-state index in [-0.39, 0.29) is 18.1 Å². The summed E-state index contributed by atoms with van der Waals surface area (Å²) in [6.45, 7) is 4.21. The van der Waals surface area contributed by atoms with Gasteiger partial charge in [-0.05, 0) is 24.7 Å². The third-order valence-corrected chi connectivity index (χ3v) is 2.90. The number of benzene rings is 1. The van der Waals surface area contributed by atoms with Gasteiger partial charge >= 0.3 is 0 Å². The van der Waals surface area contributed by atoms with Crippen LogP contribution in [-0.4, -0.2) is 51.1 Å². The Morgan fingerprint density at radius 2 is 2.11 bits per heavy atom. The highest BCUT2D eigenvalue weighted by Crippen LogP contribution is 2.18. The standard InChI is InChI=1S/C14H20FNO3/c1-4-16(7-8-18-2)10-13(17)11-5-6-14(19-3)12(15)9-11/h5-6,9H,4,7-8,10H2,1-3H3. The fourth-order valence-corrected chi connectivity index (χ4v) is 1.70. The summed E-state index contributed by atoms with van der Waals surface area (Å²) in [6.07, 6.45) is 0. The molecule has 106 valence electrons. The second kappa shape index (κ2) is 7.86. The molecule has 5 heteroatoms. The minimum absolute atomic E-state index is 0.112. The molecule has 0 saturated carbocycles. The summed E-state index contributed by atoms with van der Waals surface area (Å²) in [4.78, 5) is 14.0. The number of carbonyl (C=O) groups is 1. The number of hydrogen-bond donors (Lipinski definition) is 0. The smallest absolute Gasteiger partial charge is 0.176 e. The molecule has 0 aliphatic heterocycles. The molecule has 1 rings (SSSR count). The highest BCUT2D eigenvalue weighted by atomic mass is 19.1. The lowest BCUT2D eigenvalue weighted by molar-refractivity contribution is 0.0901. The van der Waals surface area contributed by atoms with Crippen molar-refractivity contribution in [3.8, 4) is 5.75 Å². The molecular weight excluding hydrogens is 249 g/mol. The van der Waals surface area contributed by atoms with E-state index in [1.54, 1.807) is 13.2 Å². The molecule has 0 aliphatic rings. The molecule has 0 spiro atoms. The molecule has 0 saturated heterocycles. The third kappa shape index (κ3) is 4.61. The third-order valence-electron chi connectivity index (χ3n) is 2.90. The van der Waals surface area contributed by atoms with E-state index in [2.05, 4.69) is 0 Å². The number of methoxy groups -OCH3 is 2. The van der Waals surface area contributed by atoms with Crippen LogP contribution in [0.1, 0.15) is 17.3 Å². The van der Waals surface area contributed by atoms with Crippen LogP contribution in [0.2, 0.25) is 0 Å². The molecule has 0 N–H and O–H groups in total. The van der Waals surface area contributed by atoms with Gasteiger partial charge in [0.05, 0.1) is 20.3 Å². The molecule has 0 radical (unpaired) electrons. The van der Waals surface area contributed by atoms with Crippen molar-refractivity contribution in [3.63, 3.8) is 0 Å². The van der Waals surface area contributed by atoms with E-state index >= 15 is 0 Å². The number of ether oxygens (including phenoxy) is 2. The SMILES string of the molecule is CCN(CCOC)CC(=O)c1ccc(OC)c(F)c1. The van der Waals surface area contributed by atoms with E-state index in [9.17, 15) is 9.18 Å². The molecule has 1 aromatic rings. The van der Waals surface area contributed by atoms with Gasteiger partial charge in [0.2, 0.25) is 0 Å². The van der Waals surface area contributed by atoms with Gasteiger partial charge in [-0.1, -0.05) is 6.92 Å². The zero-order valence-electron chi connectivity index (χ0n) is 11.6. The van der Waals surface area contributed by atoms with Gasteiger partial charge in [0.1, 0.15) is 0 Å². The Labute approximate surface area is 113 Å². The predicted octanol–water partition coefficient (Wildman–Crippen LogP) is 1.99. The van der Waals surface area contributed by atoms with Crippen molar-refractivity contribution in [1.82, 2.24) is 4.90 Å². The number of nitrogens with zero attached hydrogens (tertiary/aromatic N) is 1. The van der Waals surface area contributed by atoms with Crippen LogP contribution < -0.4 is 4.74 Å². The Kier molecular flexibility index (Phi) is 6.45. The number of rotatable bonds is 8. The Hall–Kier alpha value is -1.46. The summed E-state index contributed by atoms with van der Waals surface area (Å²) in [6, 6.07) is 4.26. The van der Waals surface area contributed by atoms with Gasteiger partial charge in [0, 0.05) is 19.2 Å². The number of ketones is 1. The molecule has 4 nitrogen and oxygen atoms in total. The van der Waals surface area contributed by atoms with Crippen molar-refractivity contribution in [3.05, 3.63) is 29.6 Å². The van der Waals surface area contributed by atoms with Gasteiger partial charge < -0.3 is 9.47 Å². The second-order valence-corrected chi connectivity index (χ2v) is 4.13. The monoisotopic (exact) mass is 269 g/mol. The zero-order valence-corrected chi connectivity index (χ0v) is 11.6. The summed E-state index contributed by atoms with van der Waals surface area (Å²) in [7, 11) is 3.01. The minimum Gasteiger partial charge on any atom is -0.494 e. The molecule has 0 aromatic heterocycles. The molecule has 0 unspecified atom stereocenters. The molecule has 0 amide bonds. The summed E-state index contributed by atoms with van der Waals surface area (Å²) < 4.78 is 23.3. The molecule has 0 bridgehead atoms. The summed E-state index contributed by atoms with van der Waals surface area (Å²) in [5.74, 6) is -0.490. The number of Topliss-reactive ketones (excluding diaryl/α,β-unsaturated/α-hetero) is 1. The molecule has 0 atom stereocenters. The van der Waals surface area contributed by atoms with E-state index < -0.39 is 5.82 Å². The van der Waals surface area contributed by atoms with Crippen LogP contribution >= 0.6 is 0 Å². The Morgan fingerprint density at radius 1 is 1.37 bits per heavy atom. The van der Waals surface area contributed by atoms with Crippen LogP contribution in [-0.2, 0) is 4.74 Å². The Morgan fingerprint density at radius 3 is 2.63 bits per heavy atom. The maximum Gasteiger partial charge on any atom is 0.176 e. The van der Waals surface area contributed by atoms with Crippen LogP contribution in [0.5, 0.6) is 5.75 Å². The molecule has 0 heterocycles. The maximum absolute atomic E-state index is 13.5. The first-order valence-corrected chi connectivity index (χ1v) is 6.20. The van der Waals surface area contributed by atoms with Gasteiger partial charge in [0.25, 0.3) is 0 Å². The lowest BCUT2D eigenvalue weighted by Gasteiger charge is -2.18. The maximum atomic E-state index is 13.5. The van der Waals surface area contributed by atoms with Crippen molar-refractivity contribution in [2.45, 2.75) is 6.92 Å². The van der Waals surface area contributed by atoms with Crippen molar-refractivity contribution >= 4 is 5.78 Å². The van der Waals surface area contributed by atoms with Gasteiger partial charge in [-0.3, -0.25) is 9.69 Å². The van der Waals surface area contributed by atoms with Gasteiger partial charge in [-0.25, -0.2) is 4.39 Å². The first kappa shape index (κ1) is 15.6. The lowest BCUT2D eigenvalue weighted by Crippen LogP contribution is -2.32. The largest absolute Gasteiger partial charge is 0.494 e. The van der Waals surface area contributed by atoms with Crippen molar-refractivity contribution in [2.24, 2.45) is 0 Å². The molecule has 19 heavy (non-hydrogen) atoms. The molecule has 0 aliphatic carbocycles. The summed E-state index contributed by atoms with van der Waals surface area (Å²) in [5.41, 5.74) is 0.356. The predicted molar refractivity (Wildman–Crippen MR) is 71.3 cm³/mol. The van der Waals surface area contributed by atoms with Crippen molar-refractivity contribution < 1.29 is 18.7 Å². The Balaban J connectivity index is 2.69.